The second kappa shape index (κ2) is 3.97. The fourth-order valence-corrected chi connectivity index (χ4v) is 1.28. The Morgan fingerprint density at radius 2 is 1.92 bits per heavy atom. The molecule has 0 heterocycles. The van der Waals surface area contributed by atoms with Crippen molar-refractivity contribution in [1.82, 2.24) is 0 Å². The summed E-state index contributed by atoms with van der Waals surface area (Å²) >= 11 is 7.57. The third-order valence-corrected chi connectivity index (χ3v) is 2.03. The molecule has 0 saturated carbocycles. The van der Waals surface area contributed by atoms with Gasteiger partial charge in [-0.05, 0) is 34.2 Å². The van der Waals surface area contributed by atoms with E-state index in [1.807, 2.05) is 0 Å². The van der Waals surface area contributed by atoms with Crippen molar-refractivity contribution in [3.8, 4) is 0 Å². The molecule has 0 atom stereocenters. The molecule has 0 aliphatic carbocycles. The van der Waals surface area contributed by atoms with Gasteiger partial charge in [0.1, 0.15) is 0 Å². The summed E-state index contributed by atoms with van der Waals surface area (Å²) in [7, 11) is 0. The van der Waals surface area contributed by atoms with Gasteiger partial charge >= 0.3 is 0 Å². The van der Waals surface area contributed by atoms with Crippen molar-refractivity contribution in [3.63, 3.8) is 0 Å². The van der Waals surface area contributed by atoms with Gasteiger partial charge in [0.25, 0.3) is 0 Å². The van der Waals surface area contributed by atoms with E-state index in [9.17, 15) is 8.78 Å². The molecular formula is C7H5BrF2N2S. The van der Waals surface area contributed by atoms with Crippen LogP contribution < -0.4 is 11.1 Å². The fourth-order valence-electron chi connectivity index (χ4n) is 0.751. The number of thiocarbonyl (C=S) groups is 1. The minimum absolute atomic E-state index is 0.00768. The van der Waals surface area contributed by atoms with Gasteiger partial charge in [-0.2, -0.15) is 0 Å². The third kappa shape index (κ3) is 2.60. The lowest BCUT2D eigenvalue weighted by molar-refractivity contribution is 0.508. The van der Waals surface area contributed by atoms with E-state index in [2.05, 4.69) is 33.5 Å². The Labute approximate surface area is 87.2 Å². The van der Waals surface area contributed by atoms with Crippen molar-refractivity contribution < 1.29 is 8.78 Å². The number of rotatable bonds is 1. The van der Waals surface area contributed by atoms with Gasteiger partial charge in [0.05, 0.1) is 5.69 Å². The summed E-state index contributed by atoms with van der Waals surface area (Å²) in [4.78, 5) is 0. The summed E-state index contributed by atoms with van der Waals surface area (Å²) in [5.74, 6) is -1.89. The highest BCUT2D eigenvalue weighted by Gasteiger charge is 2.07. The highest BCUT2D eigenvalue weighted by molar-refractivity contribution is 9.10. The van der Waals surface area contributed by atoms with Crippen molar-refractivity contribution >= 4 is 38.9 Å². The molecule has 13 heavy (non-hydrogen) atoms. The minimum atomic E-state index is -0.957. The van der Waals surface area contributed by atoms with E-state index < -0.39 is 11.6 Å². The number of hydrogen-bond donors (Lipinski definition) is 2. The summed E-state index contributed by atoms with van der Waals surface area (Å²) in [5.41, 5.74) is 5.46. The van der Waals surface area contributed by atoms with Crippen LogP contribution in [0.5, 0.6) is 0 Å². The third-order valence-electron chi connectivity index (χ3n) is 1.27. The van der Waals surface area contributed by atoms with Gasteiger partial charge in [0.15, 0.2) is 16.7 Å². The Kier molecular flexibility index (Phi) is 3.16. The molecular weight excluding hydrogens is 262 g/mol. The average molecular weight is 267 g/mol. The summed E-state index contributed by atoms with van der Waals surface area (Å²) in [6.45, 7) is 0. The van der Waals surface area contributed by atoms with Crippen LogP contribution in [0.3, 0.4) is 0 Å². The monoisotopic (exact) mass is 266 g/mol. The Morgan fingerprint density at radius 1 is 1.38 bits per heavy atom. The molecule has 0 bridgehead atoms. The van der Waals surface area contributed by atoms with Crippen LogP contribution in [0.2, 0.25) is 0 Å². The van der Waals surface area contributed by atoms with Crippen molar-refractivity contribution in [2.24, 2.45) is 5.73 Å². The van der Waals surface area contributed by atoms with E-state index >= 15 is 0 Å². The molecule has 1 rings (SSSR count). The predicted molar refractivity (Wildman–Crippen MR) is 54.5 cm³/mol. The van der Waals surface area contributed by atoms with Crippen LogP contribution in [0.15, 0.2) is 16.6 Å². The van der Waals surface area contributed by atoms with Crippen LogP contribution in [-0.2, 0) is 0 Å². The predicted octanol–water partition coefficient (Wildman–Crippen LogP) is 2.38. The zero-order valence-electron chi connectivity index (χ0n) is 6.27. The number of nitrogens with two attached hydrogens (primary N) is 1. The lowest BCUT2D eigenvalue weighted by atomic mass is 10.3. The zero-order valence-corrected chi connectivity index (χ0v) is 8.68. The lowest BCUT2D eigenvalue weighted by Crippen LogP contribution is -2.19. The highest BCUT2D eigenvalue weighted by atomic mass is 79.9. The van der Waals surface area contributed by atoms with Gasteiger partial charge < -0.3 is 11.1 Å². The molecule has 1 aromatic rings. The van der Waals surface area contributed by atoms with E-state index in [1.165, 1.54) is 0 Å². The molecule has 3 N–H and O–H groups in total. The molecule has 70 valence electrons. The number of hydrogen-bond acceptors (Lipinski definition) is 1. The number of nitrogens with one attached hydrogen (secondary N) is 1. The smallest absolute Gasteiger partial charge is 0.168 e. The van der Waals surface area contributed by atoms with Crippen molar-refractivity contribution in [3.05, 3.63) is 28.2 Å². The molecule has 0 aliphatic heterocycles. The van der Waals surface area contributed by atoms with Crippen LogP contribution in [0.4, 0.5) is 14.5 Å². The van der Waals surface area contributed by atoms with E-state index in [0.29, 0.717) is 10.2 Å². The van der Waals surface area contributed by atoms with Crippen molar-refractivity contribution in [2.45, 2.75) is 0 Å². The van der Waals surface area contributed by atoms with Gasteiger partial charge in [0.2, 0.25) is 0 Å². The highest BCUT2D eigenvalue weighted by Crippen LogP contribution is 2.24. The molecule has 0 amide bonds. The number of anilines is 1. The number of benzene rings is 1. The van der Waals surface area contributed by atoms with Crippen LogP contribution >= 0.6 is 28.1 Å². The van der Waals surface area contributed by atoms with Crippen LogP contribution in [-0.4, -0.2) is 5.11 Å². The molecule has 2 nitrogen and oxygen atoms in total. The van der Waals surface area contributed by atoms with E-state index in [0.717, 1.165) is 12.1 Å². The molecule has 0 aromatic heterocycles. The lowest BCUT2D eigenvalue weighted by Gasteiger charge is -2.06. The molecule has 0 aliphatic rings. The Balaban J connectivity index is 3.08. The van der Waals surface area contributed by atoms with Crippen molar-refractivity contribution in [2.75, 3.05) is 5.32 Å². The van der Waals surface area contributed by atoms with Gasteiger partial charge in [-0.3, -0.25) is 0 Å². The van der Waals surface area contributed by atoms with Gasteiger partial charge in [-0.25, -0.2) is 8.78 Å². The summed E-state index contributed by atoms with van der Waals surface area (Å²) < 4.78 is 25.7. The maximum absolute atomic E-state index is 12.7. The largest absolute Gasteiger partial charge is 0.376 e. The number of halogens is 3. The zero-order chi connectivity index (χ0) is 10.0. The van der Waals surface area contributed by atoms with Crippen LogP contribution in [0, 0.1) is 11.6 Å². The Morgan fingerprint density at radius 3 is 2.46 bits per heavy atom. The maximum atomic E-state index is 12.7. The second-order valence-corrected chi connectivity index (χ2v) is 3.53. The SMILES string of the molecule is NC(=S)Nc1cc(F)c(F)cc1Br. The first kappa shape index (κ1) is 10.3. The van der Waals surface area contributed by atoms with E-state index in [1.54, 1.807) is 0 Å². The molecule has 0 spiro atoms. The molecule has 0 unspecified atom stereocenters. The first-order valence-electron chi connectivity index (χ1n) is 3.21. The quantitative estimate of drug-likeness (QED) is 0.606. The molecule has 0 saturated heterocycles. The van der Waals surface area contributed by atoms with Crippen LogP contribution in [0.25, 0.3) is 0 Å². The molecule has 1 aromatic carbocycles. The fraction of sp³-hybridized carbons (Fsp3) is 0. The maximum Gasteiger partial charge on any atom is 0.168 e. The second-order valence-electron chi connectivity index (χ2n) is 2.24. The summed E-state index contributed by atoms with van der Waals surface area (Å²) in [5, 5.41) is 2.49. The summed E-state index contributed by atoms with van der Waals surface area (Å²) in [6, 6.07) is 1.97. The topological polar surface area (TPSA) is 38.0 Å². The molecule has 0 fully saturated rings. The standard InChI is InChI=1S/C7H5BrF2N2S/c8-3-1-4(9)5(10)2-6(3)12-7(11)13/h1-2H,(H3,11,12,13). The van der Waals surface area contributed by atoms with Crippen molar-refractivity contribution in [1.29, 1.82) is 0 Å². The van der Waals surface area contributed by atoms with Crippen LogP contribution in [0.1, 0.15) is 0 Å². The first-order valence-corrected chi connectivity index (χ1v) is 4.42. The van der Waals surface area contributed by atoms with Gasteiger partial charge in [0, 0.05) is 10.5 Å². The minimum Gasteiger partial charge on any atom is -0.376 e. The summed E-state index contributed by atoms with van der Waals surface area (Å²) in [6.07, 6.45) is 0. The molecule has 0 radical (unpaired) electrons. The average Bonchev–Trinajstić information content (AvgIpc) is 1.99. The van der Waals surface area contributed by atoms with Gasteiger partial charge in [-0.15, -0.1) is 0 Å². The van der Waals surface area contributed by atoms with Gasteiger partial charge in [-0.1, -0.05) is 0 Å². The van der Waals surface area contributed by atoms with E-state index in [4.69, 9.17) is 5.73 Å². The van der Waals surface area contributed by atoms with E-state index in [-0.39, 0.29) is 5.11 Å². The first-order chi connectivity index (χ1) is 6.00. The molecule has 6 heteroatoms. The Bertz CT molecular complexity index is 357. The Hall–Kier alpha value is -0.750. The normalized spacial score (nSPS) is 9.77.